The van der Waals surface area contributed by atoms with Crippen LogP contribution in [-0.4, -0.2) is 52.0 Å². The molecule has 1 aliphatic heterocycles. The van der Waals surface area contributed by atoms with E-state index >= 15 is 0 Å². The third-order valence-corrected chi connectivity index (χ3v) is 6.55. The molecule has 154 valence electrons. The second kappa shape index (κ2) is 8.50. The molecule has 0 saturated carbocycles. The number of ether oxygens (including phenoxy) is 2. The number of Topliss-reactive ketones (excluding diaryl/α,β-unsaturated/α-hetero) is 1. The van der Waals surface area contributed by atoms with Crippen molar-refractivity contribution in [3.8, 4) is 5.75 Å². The highest BCUT2D eigenvalue weighted by atomic mass is 35.5. The molecule has 0 spiro atoms. The normalized spacial score (nSPS) is 13.1. The fourth-order valence-corrected chi connectivity index (χ4v) is 4.20. The average molecular weight is 440 g/mol. The van der Waals surface area contributed by atoms with Gasteiger partial charge in [-0.05, 0) is 42.0 Å². The van der Waals surface area contributed by atoms with Crippen molar-refractivity contribution in [1.82, 2.24) is 4.47 Å². The monoisotopic (exact) mass is 439 g/mol. The molecular weight excluding hydrogens is 422 g/mol. The van der Waals surface area contributed by atoms with Crippen molar-refractivity contribution < 1.29 is 32.3 Å². The Bertz CT molecular complexity index is 1070. The lowest BCUT2D eigenvalue weighted by molar-refractivity contribution is -0.0258. The summed E-state index contributed by atoms with van der Waals surface area (Å²) in [5, 5.41) is -0.0816. The van der Waals surface area contributed by atoms with Crippen molar-refractivity contribution in [2.45, 2.75) is 11.3 Å². The molecule has 2 aromatic carbocycles. The van der Waals surface area contributed by atoms with E-state index < -0.39 is 22.6 Å². The number of hydrogen-bond donors (Lipinski definition) is 0. The maximum absolute atomic E-state index is 12.4. The van der Waals surface area contributed by atoms with Crippen molar-refractivity contribution in [2.75, 3.05) is 27.4 Å². The van der Waals surface area contributed by atoms with Crippen molar-refractivity contribution in [1.29, 1.82) is 0 Å². The quantitative estimate of drug-likeness (QED) is 0.371. The number of ketones is 1. The van der Waals surface area contributed by atoms with Crippen molar-refractivity contribution >= 4 is 33.4 Å². The van der Waals surface area contributed by atoms with E-state index in [0.717, 1.165) is 17.4 Å². The van der Waals surface area contributed by atoms with Gasteiger partial charge in [0, 0.05) is 19.0 Å². The van der Waals surface area contributed by atoms with Crippen LogP contribution in [0.5, 0.6) is 5.75 Å². The number of halogens is 1. The Morgan fingerprint density at radius 3 is 2.62 bits per heavy atom. The number of hydroxylamine groups is 1. The number of esters is 1. The molecule has 2 aromatic rings. The zero-order chi connectivity index (χ0) is 21.2. The summed E-state index contributed by atoms with van der Waals surface area (Å²) < 4.78 is 35.9. The predicted molar refractivity (Wildman–Crippen MR) is 104 cm³/mol. The first-order chi connectivity index (χ1) is 13.7. The van der Waals surface area contributed by atoms with Crippen LogP contribution in [0.3, 0.4) is 0 Å². The van der Waals surface area contributed by atoms with Gasteiger partial charge in [0.15, 0.2) is 12.4 Å². The summed E-state index contributed by atoms with van der Waals surface area (Å²) in [4.78, 5) is 29.0. The van der Waals surface area contributed by atoms with E-state index in [1.807, 2.05) is 0 Å². The van der Waals surface area contributed by atoms with Gasteiger partial charge in [0.2, 0.25) is 0 Å². The van der Waals surface area contributed by atoms with Gasteiger partial charge in [0.1, 0.15) is 10.6 Å². The second-order valence-electron chi connectivity index (χ2n) is 6.16. The van der Waals surface area contributed by atoms with Gasteiger partial charge in [-0.2, -0.15) is 0 Å². The Balaban J connectivity index is 1.73. The Kier molecular flexibility index (Phi) is 6.23. The number of rotatable bonds is 7. The van der Waals surface area contributed by atoms with Crippen LogP contribution in [-0.2, 0) is 26.0 Å². The Hall–Kier alpha value is -2.46. The summed E-state index contributed by atoms with van der Waals surface area (Å²) in [6.45, 7) is 0.0865. The highest BCUT2D eigenvalue weighted by Gasteiger charge is 2.26. The summed E-state index contributed by atoms with van der Waals surface area (Å²) in [6, 6.07) is 8.68. The van der Waals surface area contributed by atoms with E-state index in [2.05, 4.69) is 0 Å². The van der Waals surface area contributed by atoms with E-state index in [9.17, 15) is 18.0 Å². The average Bonchev–Trinajstić information content (AvgIpc) is 3.19. The van der Waals surface area contributed by atoms with Crippen molar-refractivity contribution in [2.24, 2.45) is 0 Å². The van der Waals surface area contributed by atoms with E-state index in [1.165, 1.54) is 26.3 Å². The Morgan fingerprint density at radius 1 is 1.17 bits per heavy atom. The van der Waals surface area contributed by atoms with Gasteiger partial charge in [0.25, 0.3) is 10.0 Å². The fraction of sp³-hybridized carbons (Fsp3) is 0.263. The van der Waals surface area contributed by atoms with Crippen LogP contribution in [0.4, 0.5) is 0 Å². The number of fused-ring (bicyclic) bond motifs is 1. The summed E-state index contributed by atoms with van der Waals surface area (Å²) >= 11 is 5.96. The highest BCUT2D eigenvalue weighted by molar-refractivity contribution is 7.89. The van der Waals surface area contributed by atoms with Crippen LogP contribution in [0.15, 0.2) is 41.3 Å². The third-order valence-electron chi connectivity index (χ3n) is 4.39. The molecule has 0 atom stereocenters. The number of sulfonamides is 1. The molecule has 0 aromatic heterocycles. The summed E-state index contributed by atoms with van der Waals surface area (Å²) in [5.74, 6) is -0.487. The van der Waals surface area contributed by atoms with E-state index in [4.69, 9.17) is 25.9 Å². The van der Waals surface area contributed by atoms with Crippen LogP contribution in [0, 0.1) is 0 Å². The van der Waals surface area contributed by atoms with Gasteiger partial charge in [-0.15, -0.1) is 0 Å². The van der Waals surface area contributed by atoms with Crippen LogP contribution in [0.2, 0.25) is 5.02 Å². The number of carbonyl (C=O) groups excluding carboxylic acids is 2. The minimum absolute atomic E-state index is 0.0624. The molecule has 29 heavy (non-hydrogen) atoms. The Labute approximate surface area is 172 Å². The second-order valence-corrected chi connectivity index (χ2v) is 8.47. The van der Waals surface area contributed by atoms with Crippen LogP contribution in [0.25, 0.3) is 0 Å². The standard InChI is InChI=1S/C19H18ClNO7S/c1-21(26-2)29(24,25)18-10-14(3-5-15(18)20)19(23)28-11-16(22)12-4-6-17-13(9-12)7-8-27-17/h3-6,9-10H,7-8,11H2,1-2H3. The lowest BCUT2D eigenvalue weighted by Gasteiger charge is -2.15. The van der Waals surface area contributed by atoms with Crippen molar-refractivity contribution in [3.05, 3.63) is 58.1 Å². The number of hydrogen-bond acceptors (Lipinski definition) is 7. The van der Waals surface area contributed by atoms with Crippen LogP contribution >= 0.6 is 11.6 Å². The molecule has 0 fully saturated rings. The molecule has 0 saturated heterocycles. The topological polar surface area (TPSA) is 99.2 Å². The molecule has 0 N–H and O–H groups in total. The summed E-state index contributed by atoms with van der Waals surface area (Å²) in [5.41, 5.74) is 1.27. The molecule has 3 rings (SSSR count). The molecule has 1 aliphatic rings. The van der Waals surface area contributed by atoms with Gasteiger partial charge >= 0.3 is 5.97 Å². The molecule has 0 aliphatic carbocycles. The first-order valence-corrected chi connectivity index (χ1v) is 10.3. The molecule has 0 amide bonds. The predicted octanol–water partition coefficient (Wildman–Crippen LogP) is 2.50. The fourth-order valence-electron chi connectivity index (χ4n) is 2.72. The molecule has 10 heteroatoms. The van der Waals surface area contributed by atoms with Gasteiger partial charge < -0.3 is 9.47 Å². The van der Waals surface area contributed by atoms with E-state index in [1.54, 1.807) is 18.2 Å². The maximum Gasteiger partial charge on any atom is 0.338 e. The molecule has 0 unspecified atom stereocenters. The molecular formula is C19H18ClNO7S. The van der Waals surface area contributed by atoms with Gasteiger partial charge in [-0.25, -0.2) is 13.2 Å². The number of benzene rings is 2. The highest BCUT2D eigenvalue weighted by Crippen LogP contribution is 2.27. The van der Waals surface area contributed by atoms with E-state index in [0.29, 0.717) is 23.1 Å². The molecule has 1 heterocycles. The number of nitrogens with zero attached hydrogens (tertiary/aromatic N) is 1. The molecule has 0 radical (unpaired) electrons. The lowest BCUT2D eigenvalue weighted by atomic mass is 10.1. The zero-order valence-electron chi connectivity index (χ0n) is 15.7. The van der Waals surface area contributed by atoms with Crippen LogP contribution < -0.4 is 4.74 Å². The van der Waals surface area contributed by atoms with Gasteiger partial charge in [-0.3, -0.25) is 9.63 Å². The maximum atomic E-state index is 12.4. The molecule has 0 bridgehead atoms. The first-order valence-electron chi connectivity index (χ1n) is 8.52. The smallest absolute Gasteiger partial charge is 0.338 e. The van der Waals surface area contributed by atoms with Gasteiger partial charge in [0.05, 0.1) is 24.3 Å². The first kappa shape index (κ1) is 21.3. The minimum atomic E-state index is -4.06. The summed E-state index contributed by atoms with van der Waals surface area (Å²) in [7, 11) is -1.69. The largest absolute Gasteiger partial charge is 0.493 e. The minimum Gasteiger partial charge on any atom is -0.493 e. The number of carbonyl (C=O) groups is 2. The third kappa shape index (κ3) is 4.43. The SMILES string of the molecule is CON(C)S(=O)(=O)c1cc(C(=O)OCC(=O)c2ccc3c(c2)CCO3)ccc1Cl. The van der Waals surface area contributed by atoms with Crippen LogP contribution in [0.1, 0.15) is 26.3 Å². The van der Waals surface area contributed by atoms with Crippen molar-refractivity contribution in [3.63, 3.8) is 0 Å². The Morgan fingerprint density at radius 2 is 1.90 bits per heavy atom. The molecule has 8 nitrogen and oxygen atoms in total. The van der Waals surface area contributed by atoms with Gasteiger partial charge in [-0.1, -0.05) is 16.1 Å². The lowest BCUT2D eigenvalue weighted by Crippen LogP contribution is -2.26. The summed E-state index contributed by atoms with van der Waals surface area (Å²) in [6.07, 6.45) is 0.716. The van der Waals surface area contributed by atoms with E-state index in [-0.39, 0.29) is 21.3 Å². The zero-order valence-corrected chi connectivity index (χ0v) is 17.2.